The van der Waals surface area contributed by atoms with E-state index in [2.05, 4.69) is 104 Å². The fourth-order valence-electron chi connectivity index (χ4n) is 4.24. The molecule has 0 heterocycles. The average Bonchev–Trinajstić information content (AvgIpc) is 3.22. The van der Waals surface area contributed by atoms with Gasteiger partial charge in [-0.15, -0.1) is 6.42 Å². The minimum Gasteiger partial charge on any atom is -0.115 e. The number of hydrogen-bond acceptors (Lipinski definition) is 0. The summed E-state index contributed by atoms with van der Waals surface area (Å²) in [5.41, 5.74) is 3.80. The second-order valence-electron chi connectivity index (χ2n) is 7.47. The van der Waals surface area contributed by atoms with E-state index in [0.717, 1.165) is 25.7 Å². The number of hydrogen-bond donors (Lipinski definition) is 0. The minimum absolute atomic E-state index is 0. The predicted octanol–water partition coefficient (Wildman–Crippen LogP) is 8.52. The van der Waals surface area contributed by atoms with Crippen LogP contribution in [0.4, 0.5) is 0 Å². The molecule has 166 valence electrons. The van der Waals surface area contributed by atoms with E-state index >= 15 is 0 Å². The summed E-state index contributed by atoms with van der Waals surface area (Å²) < 4.78 is 0. The molecule has 32 heavy (non-hydrogen) atoms. The van der Waals surface area contributed by atoms with Crippen LogP contribution in [0.5, 0.6) is 0 Å². The first-order valence-electron chi connectivity index (χ1n) is 11.3. The molecule has 1 aromatic carbocycles. The first-order chi connectivity index (χ1) is 15.3. The van der Waals surface area contributed by atoms with Crippen LogP contribution in [0.2, 0.25) is 0 Å². The van der Waals surface area contributed by atoms with Crippen LogP contribution in [-0.4, -0.2) is 0 Å². The highest BCUT2D eigenvalue weighted by Crippen LogP contribution is 2.48. The topological polar surface area (TPSA) is 0 Å². The Morgan fingerprint density at radius 3 is 2.69 bits per heavy atom. The van der Waals surface area contributed by atoms with E-state index in [1.54, 1.807) is 6.08 Å². The van der Waals surface area contributed by atoms with Crippen molar-refractivity contribution in [2.24, 2.45) is 5.92 Å². The van der Waals surface area contributed by atoms with E-state index in [0.29, 0.717) is 5.92 Å². The maximum Gasteiger partial charge on any atom is 0.0454 e. The third-order valence-electron chi connectivity index (χ3n) is 5.68. The minimum atomic E-state index is -0.247. The normalized spacial score (nSPS) is 19.0. The molecule has 0 spiro atoms. The first kappa shape index (κ1) is 26.8. The van der Waals surface area contributed by atoms with Gasteiger partial charge in [-0.2, -0.15) is 0 Å². The zero-order valence-corrected chi connectivity index (χ0v) is 19.1. The molecule has 0 fully saturated rings. The van der Waals surface area contributed by atoms with Gasteiger partial charge in [0.25, 0.3) is 0 Å². The van der Waals surface area contributed by atoms with Gasteiger partial charge in [-0.25, -0.2) is 0 Å². The Labute approximate surface area is 197 Å². The van der Waals surface area contributed by atoms with Crippen LogP contribution in [0.15, 0.2) is 102 Å². The van der Waals surface area contributed by atoms with Crippen molar-refractivity contribution in [2.45, 2.75) is 59.3 Å². The summed E-state index contributed by atoms with van der Waals surface area (Å²) in [6.07, 6.45) is 30.5. The van der Waals surface area contributed by atoms with Crippen LogP contribution in [0.3, 0.4) is 0 Å². The molecular weight excluding hydrogens is 384 g/mol. The molecule has 1 aromatic rings. The standard InChI is InChI=1S/C29H28.C2H6.CH4/c1-3-4-5-8-17-24-29(27-21-14-10-15-22-27,26-19-12-6-7-13-20-26)28-23-16-9-11-18-25(28)2;1-2;/h1,4-8,10,12,14-15,17,19-23,25H,11,13,18,24H2,2H3;1-2H3;1H4/b5-4-,17-8-;;. The lowest BCUT2D eigenvalue weighted by Crippen LogP contribution is -2.33. The van der Waals surface area contributed by atoms with Gasteiger partial charge >= 0.3 is 0 Å². The van der Waals surface area contributed by atoms with Gasteiger partial charge in [0.15, 0.2) is 0 Å². The van der Waals surface area contributed by atoms with Crippen molar-refractivity contribution in [3.63, 3.8) is 0 Å². The van der Waals surface area contributed by atoms with Crippen LogP contribution in [0, 0.1) is 30.1 Å². The van der Waals surface area contributed by atoms with Crippen molar-refractivity contribution in [3.8, 4) is 24.2 Å². The summed E-state index contributed by atoms with van der Waals surface area (Å²) in [6, 6.07) is 10.9. The van der Waals surface area contributed by atoms with Crippen molar-refractivity contribution in [2.75, 3.05) is 0 Å². The molecular formula is C32H38. The Kier molecular flexibility index (Phi) is 12.3. The molecule has 0 bridgehead atoms. The summed E-state index contributed by atoms with van der Waals surface area (Å²) in [4.78, 5) is 0. The van der Waals surface area contributed by atoms with Crippen molar-refractivity contribution in [1.29, 1.82) is 0 Å². The molecule has 0 saturated carbocycles. The highest BCUT2D eigenvalue weighted by Gasteiger charge is 2.40. The van der Waals surface area contributed by atoms with Crippen molar-refractivity contribution < 1.29 is 0 Å². The van der Waals surface area contributed by atoms with E-state index in [9.17, 15) is 0 Å². The lowest BCUT2D eigenvalue weighted by molar-refractivity contribution is 0.496. The number of rotatable bonds is 6. The molecule has 2 atom stereocenters. The number of terminal acetylenes is 1. The monoisotopic (exact) mass is 422 g/mol. The summed E-state index contributed by atoms with van der Waals surface area (Å²) in [5.74, 6) is 9.63. The Balaban J connectivity index is 0.00000166. The van der Waals surface area contributed by atoms with Crippen LogP contribution >= 0.6 is 0 Å². The highest BCUT2D eigenvalue weighted by molar-refractivity contribution is 5.55. The number of benzene rings is 1. The van der Waals surface area contributed by atoms with E-state index in [4.69, 9.17) is 6.42 Å². The average molecular weight is 423 g/mol. The van der Waals surface area contributed by atoms with Gasteiger partial charge < -0.3 is 0 Å². The summed E-state index contributed by atoms with van der Waals surface area (Å²) >= 11 is 0. The van der Waals surface area contributed by atoms with Crippen LogP contribution in [0.25, 0.3) is 0 Å². The van der Waals surface area contributed by atoms with Gasteiger partial charge in [0.1, 0.15) is 0 Å². The molecule has 0 radical (unpaired) electrons. The van der Waals surface area contributed by atoms with Gasteiger partial charge in [0.05, 0.1) is 0 Å². The SMILES string of the molecule is C.C#C/C=C\C=C/CC(C1=CCC=CC=C1)(C1=CC#CCCC1C)c1ccccc1.CC. The molecule has 0 nitrogen and oxygen atoms in total. The molecule has 0 amide bonds. The van der Waals surface area contributed by atoms with E-state index in [-0.39, 0.29) is 12.8 Å². The fourth-order valence-corrected chi connectivity index (χ4v) is 4.24. The van der Waals surface area contributed by atoms with E-state index in [1.165, 1.54) is 16.7 Å². The summed E-state index contributed by atoms with van der Waals surface area (Å²) in [6.45, 7) is 6.33. The smallest absolute Gasteiger partial charge is 0.0454 e. The Bertz CT molecular complexity index is 974. The second kappa shape index (κ2) is 14.7. The molecule has 3 rings (SSSR count). The zero-order valence-electron chi connectivity index (χ0n) is 19.1. The predicted molar refractivity (Wildman–Crippen MR) is 143 cm³/mol. The maximum absolute atomic E-state index is 5.35. The molecule has 0 N–H and O–H groups in total. The summed E-state index contributed by atoms with van der Waals surface area (Å²) in [5, 5.41) is 0. The second-order valence-corrected chi connectivity index (χ2v) is 7.47. The van der Waals surface area contributed by atoms with E-state index < -0.39 is 0 Å². The highest BCUT2D eigenvalue weighted by atomic mass is 14.4. The van der Waals surface area contributed by atoms with Crippen LogP contribution in [0.1, 0.15) is 59.4 Å². The quantitative estimate of drug-likeness (QED) is 0.318. The van der Waals surface area contributed by atoms with Gasteiger partial charge in [-0.3, -0.25) is 0 Å². The van der Waals surface area contributed by atoms with Crippen molar-refractivity contribution >= 4 is 0 Å². The molecule has 2 unspecified atom stereocenters. The summed E-state index contributed by atoms with van der Waals surface area (Å²) in [7, 11) is 0. The maximum atomic E-state index is 5.35. The number of allylic oxidation sites excluding steroid dienone is 12. The van der Waals surface area contributed by atoms with Crippen LogP contribution < -0.4 is 0 Å². The lowest BCUT2D eigenvalue weighted by Gasteiger charge is -2.40. The third kappa shape index (κ3) is 6.64. The molecule has 0 heteroatoms. The molecule has 0 aromatic heterocycles. The van der Waals surface area contributed by atoms with Crippen molar-refractivity contribution in [3.05, 3.63) is 108 Å². The zero-order chi connectivity index (χ0) is 22.4. The molecule has 0 aliphatic heterocycles. The van der Waals surface area contributed by atoms with E-state index in [1.807, 2.05) is 19.9 Å². The fraction of sp³-hybridized carbons (Fsp3) is 0.312. The van der Waals surface area contributed by atoms with Crippen LogP contribution in [-0.2, 0) is 5.41 Å². The molecule has 2 aliphatic rings. The van der Waals surface area contributed by atoms with Gasteiger partial charge in [-0.1, -0.05) is 125 Å². The Morgan fingerprint density at radius 1 is 1.16 bits per heavy atom. The molecule has 0 saturated heterocycles. The Hall–Kier alpha value is -3.22. The third-order valence-corrected chi connectivity index (χ3v) is 5.68. The Morgan fingerprint density at radius 2 is 1.94 bits per heavy atom. The van der Waals surface area contributed by atoms with Gasteiger partial charge in [0.2, 0.25) is 0 Å². The van der Waals surface area contributed by atoms with Gasteiger partial charge in [0, 0.05) is 11.8 Å². The lowest BCUT2D eigenvalue weighted by atomic mass is 9.62. The first-order valence-corrected chi connectivity index (χ1v) is 11.3. The largest absolute Gasteiger partial charge is 0.115 e. The molecule has 2 aliphatic carbocycles. The van der Waals surface area contributed by atoms with Gasteiger partial charge in [-0.05, 0) is 54.0 Å². The van der Waals surface area contributed by atoms with Crippen molar-refractivity contribution in [1.82, 2.24) is 0 Å².